The van der Waals surface area contributed by atoms with Gasteiger partial charge in [0.1, 0.15) is 5.82 Å². The fourth-order valence-electron chi connectivity index (χ4n) is 2.45. The van der Waals surface area contributed by atoms with Crippen LogP contribution in [0.5, 0.6) is 0 Å². The molecule has 1 aromatic heterocycles. The highest BCUT2D eigenvalue weighted by Crippen LogP contribution is 2.31. The molecule has 0 aliphatic heterocycles. The SMILES string of the molecule is N=C(c1cccc(C(F)(F)F)c1)c1cc(Nc2ccnc(N)n2)ccc1N. The second-order valence-electron chi connectivity index (χ2n) is 5.68. The largest absolute Gasteiger partial charge is 0.416 e. The number of nitrogens with two attached hydrogens (primary N) is 2. The molecule has 0 amide bonds. The van der Waals surface area contributed by atoms with E-state index in [0.29, 0.717) is 17.1 Å². The summed E-state index contributed by atoms with van der Waals surface area (Å²) in [7, 11) is 0. The predicted octanol–water partition coefficient (Wildman–Crippen LogP) is 3.82. The van der Waals surface area contributed by atoms with E-state index in [1.165, 1.54) is 18.3 Å². The van der Waals surface area contributed by atoms with Gasteiger partial charge in [0, 0.05) is 28.7 Å². The summed E-state index contributed by atoms with van der Waals surface area (Å²) in [5.74, 6) is 0.524. The lowest BCUT2D eigenvalue weighted by Crippen LogP contribution is -2.10. The molecule has 9 heteroatoms. The maximum absolute atomic E-state index is 12.9. The Morgan fingerprint density at radius 3 is 2.52 bits per heavy atom. The van der Waals surface area contributed by atoms with Crippen molar-refractivity contribution in [3.05, 3.63) is 71.4 Å². The normalized spacial score (nSPS) is 11.2. The van der Waals surface area contributed by atoms with E-state index in [4.69, 9.17) is 16.9 Å². The molecular weight excluding hydrogens is 357 g/mol. The molecule has 0 saturated heterocycles. The van der Waals surface area contributed by atoms with Crippen LogP contribution in [0.25, 0.3) is 0 Å². The summed E-state index contributed by atoms with van der Waals surface area (Å²) >= 11 is 0. The average molecular weight is 372 g/mol. The maximum atomic E-state index is 12.9. The molecule has 3 aromatic rings. The van der Waals surface area contributed by atoms with Crippen LogP contribution < -0.4 is 16.8 Å². The van der Waals surface area contributed by atoms with Gasteiger partial charge in [0.2, 0.25) is 5.95 Å². The molecule has 0 atom stereocenters. The molecule has 0 unspecified atom stereocenters. The minimum absolute atomic E-state index is 0.0902. The van der Waals surface area contributed by atoms with Crippen molar-refractivity contribution in [3.8, 4) is 0 Å². The second kappa shape index (κ2) is 6.94. The van der Waals surface area contributed by atoms with Crippen molar-refractivity contribution in [2.75, 3.05) is 16.8 Å². The molecule has 0 radical (unpaired) electrons. The van der Waals surface area contributed by atoms with Gasteiger partial charge in [-0.05, 0) is 36.4 Å². The zero-order valence-electron chi connectivity index (χ0n) is 13.9. The summed E-state index contributed by atoms with van der Waals surface area (Å²) in [5, 5.41) is 11.3. The van der Waals surface area contributed by atoms with Gasteiger partial charge in [0.15, 0.2) is 0 Å². The molecule has 0 spiro atoms. The van der Waals surface area contributed by atoms with Crippen LogP contribution in [0.1, 0.15) is 16.7 Å². The lowest BCUT2D eigenvalue weighted by molar-refractivity contribution is -0.137. The van der Waals surface area contributed by atoms with Gasteiger partial charge in [0.05, 0.1) is 11.3 Å². The number of halogens is 3. The first-order valence-electron chi connectivity index (χ1n) is 7.75. The van der Waals surface area contributed by atoms with Crippen molar-refractivity contribution < 1.29 is 13.2 Å². The molecular formula is C18H15F3N6. The Hall–Kier alpha value is -3.62. The molecule has 6 nitrogen and oxygen atoms in total. The van der Waals surface area contributed by atoms with E-state index >= 15 is 0 Å². The summed E-state index contributed by atoms with van der Waals surface area (Å²) in [6.07, 6.45) is -3.01. The topological polar surface area (TPSA) is 114 Å². The van der Waals surface area contributed by atoms with E-state index in [1.54, 1.807) is 24.3 Å². The number of nitrogens with zero attached hydrogens (tertiary/aromatic N) is 2. The Morgan fingerprint density at radius 1 is 1.04 bits per heavy atom. The third-order valence-electron chi connectivity index (χ3n) is 3.75. The van der Waals surface area contributed by atoms with Crippen LogP contribution in [0.3, 0.4) is 0 Å². The molecule has 0 fully saturated rings. The first-order valence-corrected chi connectivity index (χ1v) is 7.75. The van der Waals surface area contributed by atoms with Gasteiger partial charge in [-0.15, -0.1) is 0 Å². The highest BCUT2D eigenvalue weighted by Gasteiger charge is 2.30. The van der Waals surface area contributed by atoms with Gasteiger partial charge >= 0.3 is 6.18 Å². The Balaban J connectivity index is 1.93. The summed E-state index contributed by atoms with van der Waals surface area (Å²) in [6, 6.07) is 11.0. The lowest BCUT2D eigenvalue weighted by Gasteiger charge is -2.13. The van der Waals surface area contributed by atoms with Crippen molar-refractivity contribution in [1.29, 1.82) is 5.41 Å². The first kappa shape index (κ1) is 18.2. The Kier molecular flexibility index (Phi) is 4.68. The summed E-state index contributed by atoms with van der Waals surface area (Å²) in [4.78, 5) is 7.80. The van der Waals surface area contributed by atoms with Gasteiger partial charge in [0.25, 0.3) is 0 Å². The summed E-state index contributed by atoms with van der Waals surface area (Å²) < 4.78 is 38.8. The standard InChI is InChI=1S/C18H15F3N6/c19-18(20,21)11-3-1-2-10(8-11)16(23)13-9-12(4-5-14(13)22)26-15-6-7-25-17(24)27-15/h1-9,23H,22H2,(H3,24,25,26,27). The number of hydrogen-bond donors (Lipinski definition) is 4. The van der Waals surface area contributed by atoms with Crippen LogP contribution in [0.4, 0.5) is 36.3 Å². The second-order valence-corrected chi connectivity index (χ2v) is 5.68. The molecule has 0 bridgehead atoms. The van der Waals surface area contributed by atoms with Gasteiger partial charge in [-0.3, -0.25) is 5.41 Å². The minimum Gasteiger partial charge on any atom is -0.398 e. The van der Waals surface area contributed by atoms with Crippen LogP contribution >= 0.6 is 0 Å². The Bertz CT molecular complexity index is 1000. The fourth-order valence-corrected chi connectivity index (χ4v) is 2.45. The summed E-state index contributed by atoms with van der Waals surface area (Å²) in [5.41, 5.74) is 11.7. The van der Waals surface area contributed by atoms with Crippen LogP contribution in [0, 0.1) is 5.41 Å². The predicted molar refractivity (Wildman–Crippen MR) is 98.0 cm³/mol. The third-order valence-corrected chi connectivity index (χ3v) is 3.75. The van der Waals surface area contributed by atoms with Crippen LogP contribution in [-0.4, -0.2) is 15.7 Å². The number of anilines is 4. The summed E-state index contributed by atoms with van der Waals surface area (Å²) in [6.45, 7) is 0. The molecule has 0 aliphatic carbocycles. The number of nitrogen functional groups attached to an aromatic ring is 2. The zero-order chi connectivity index (χ0) is 19.6. The van der Waals surface area contributed by atoms with E-state index in [2.05, 4.69) is 15.3 Å². The van der Waals surface area contributed by atoms with E-state index in [-0.39, 0.29) is 22.9 Å². The number of hydrogen-bond acceptors (Lipinski definition) is 6. The highest BCUT2D eigenvalue weighted by atomic mass is 19.4. The van der Waals surface area contributed by atoms with Gasteiger partial charge in [-0.25, -0.2) is 4.98 Å². The number of rotatable bonds is 4. The first-order chi connectivity index (χ1) is 12.7. The molecule has 0 aliphatic rings. The lowest BCUT2D eigenvalue weighted by atomic mass is 9.98. The molecule has 27 heavy (non-hydrogen) atoms. The van der Waals surface area contributed by atoms with E-state index in [1.807, 2.05) is 0 Å². The average Bonchev–Trinajstić information content (AvgIpc) is 2.62. The highest BCUT2D eigenvalue weighted by molar-refractivity contribution is 6.14. The van der Waals surface area contributed by atoms with Crippen LogP contribution in [0.15, 0.2) is 54.7 Å². The van der Waals surface area contributed by atoms with Crippen molar-refractivity contribution in [2.24, 2.45) is 0 Å². The van der Waals surface area contributed by atoms with Crippen molar-refractivity contribution in [2.45, 2.75) is 6.18 Å². The quantitative estimate of drug-likeness (QED) is 0.411. The number of nitrogens with one attached hydrogen (secondary N) is 2. The van der Waals surface area contributed by atoms with Crippen molar-refractivity contribution in [1.82, 2.24) is 9.97 Å². The Morgan fingerprint density at radius 2 is 1.81 bits per heavy atom. The van der Waals surface area contributed by atoms with E-state index in [0.717, 1.165) is 12.1 Å². The minimum atomic E-state index is -4.49. The monoisotopic (exact) mass is 372 g/mol. The number of aromatic nitrogens is 2. The van der Waals surface area contributed by atoms with E-state index in [9.17, 15) is 13.2 Å². The smallest absolute Gasteiger partial charge is 0.398 e. The number of alkyl halides is 3. The maximum Gasteiger partial charge on any atom is 0.416 e. The van der Waals surface area contributed by atoms with Crippen molar-refractivity contribution >= 4 is 28.9 Å². The Labute approximate surface area is 152 Å². The molecule has 3 rings (SSSR count). The van der Waals surface area contributed by atoms with Crippen molar-refractivity contribution in [3.63, 3.8) is 0 Å². The van der Waals surface area contributed by atoms with Crippen LogP contribution in [0.2, 0.25) is 0 Å². The zero-order valence-corrected chi connectivity index (χ0v) is 13.9. The van der Waals surface area contributed by atoms with Gasteiger partial charge in [-0.1, -0.05) is 12.1 Å². The van der Waals surface area contributed by atoms with Gasteiger partial charge in [-0.2, -0.15) is 18.2 Å². The van der Waals surface area contributed by atoms with Crippen LogP contribution in [-0.2, 0) is 6.18 Å². The fraction of sp³-hybridized carbons (Fsp3) is 0.0556. The molecule has 138 valence electrons. The molecule has 1 heterocycles. The van der Waals surface area contributed by atoms with E-state index < -0.39 is 11.7 Å². The van der Waals surface area contributed by atoms with Gasteiger partial charge < -0.3 is 16.8 Å². The number of benzene rings is 2. The molecule has 2 aromatic carbocycles. The molecule has 0 saturated carbocycles. The third kappa shape index (κ3) is 4.14. The molecule has 6 N–H and O–H groups in total.